The fourth-order valence-corrected chi connectivity index (χ4v) is 5.95. The first-order chi connectivity index (χ1) is 12.3. The van der Waals surface area contributed by atoms with Gasteiger partial charge in [-0.05, 0) is 25.5 Å². The van der Waals surface area contributed by atoms with E-state index in [-0.39, 0.29) is 29.5 Å². The Bertz CT molecular complexity index is 763. The normalized spacial score (nSPS) is 24.4. The number of halogens is 1. The van der Waals surface area contributed by atoms with Gasteiger partial charge in [0.15, 0.2) is 15.9 Å². The molecule has 0 saturated carbocycles. The lowest BCUT2D eigenvalue weighted by Crippen LogP contribution is -3.19. The number of likely N-dealkylation sites (N-methyl/N-ethyl adjacent to an activating group) is 1. The highest BCUT2D eigenvalue weighted by molar-refractivity contribution is 7.91. The van der Waals surface area contributed by atoms with Gasteiger partial charge in [-0.1, -0.05) is 23.7 Å². The third kappa shape index (κ3) is 4.15. The van der Waals surface area contributed by atoms with Crippen molar-refractivity contribution in [1.29, 1.82) is 0 Å². The quantitative estimate of drug-likeness (QED) is 0.777. The lowest BCUT2D eigenvalue weighted by Gasteiger charge is -2.37. The van der Waals surface area contributed by atoms with Crippen LogP contribution in [0.4, 0.5) is 5.69 Å². The summed E-state index contributed by atoms with van der Waals surface area (Å²) in [5, 5.41) is 0.752. The van der Waals surface area contributed by atoms with E-state index in [1.54, 1.807) is 11.9 Å². The average molecular weight is 401 g/mol. The fraction of sp³-hybridized carbons (Fsp3) is 0.611. The van der Waals surface area contributed by atoms with Gasteiger partial charge in [0.1, 0.15) is 0 Å². The molecule has 0 spiro atoms. The number of carbonyl (C=O) groups is 1. The number of nitrogens with zero attached hydrogens (tertiary/aromatic N) is 2. The van der Waals surface area contributed by atoms with E-state index < -0.39 is 9.84 Å². The minimum Gasteiger partial charge on any atom is -0.359 e. The van der Waals surface area contributed by atoms with Gasteiger partial charge in [-0.25, -0.2) is 8.42 Å². The zero-order chi connectivity index (χ0) is 18.9. The smallest absolute Gasteiger partial charge is 0.280 e. The molecule has 0 radical (unpaired) electrons. The minimum atomic E-state index is -2.99. The summed E-state index contributed by atoms with van der Waals surface area (Å²) in [5.41, 5.74) is 1.04. The van der Waals surface area contributed by atoms with Crippen molar-refractivity contribution in [2.75, 3.05) is 49.6 Å². The maximum absolute atomic E-state index is 12.8. The number of hydrogen-bond donors (Lipinski definition) is 1. The van der Waals surface area contributed by atoms with Crippen LogP contribution in [0.25, 0.3) is 0 Å². The number of rotatable bonds is 4. The van der Waals surface area contributed by atoms with E-state index in [1.807, 2.05) is 31.2 Å². The first kappa shape index (κ1) is 19.5. The Hall–Kier alpha value is -1.31. The molecule has 1 amide bonds. The topological polar surface area (TPSA) is 62.1 Å². The Morgan fingerprint density at radius 3 is 2.54 bits per heavy atom. The van der Waals surface area contributed by atoms with Crippen molar-refractivity contribution in [3.8, 4) is 0 Å². The Balaban J connectivity index is 1.57. The van der Waals surface area contributed by atoms with Crippen molar-refractivity contribution in [3.05, 3.63) is 29.3 Å². The van der Waals surface area contributed by atoms with Crippen LogP contribution < -0.4 is 9.80 Å². The van der Waals surface area contributed by atoms with Crippen molar-refractivity contribution in [2.24, 2.45) is 0 Å². The molecule has 6 nitrogen and oxygen atoms in total. The Morgan fingerprint density at radius 2 is 1.96 bits per heavy atom. The van der Waals surface area contributed by atoms with Gasteiger partial charge < -0.3 is 14.7 Å². The Morgan fingerprint density at radius 1 is 1.31 bits per heavy atom. The van der Waals surface area contributed by atoms with Crippen molar-refractivity contribution in [1.82, 2.24) is 4.90 Å². The standard InChI is InChI=1S/C18H26ClN3O3S/c1-14(18(23)20(2)15-7-12-26(24,25)13-15)21-8-10-22(11-9-21)17-6-4-3-5-16(17)19/h3-6,14-15H,7-13H2,1-2H3/p+1/t14-,15+/m1/s1. The van der Waals surface area contributed by atoms with E-state index in [2.05, 4.69) is 4.90 Å². The van der Waals surface area contributed by atoms with E-state index in [0.29, 0.717) is 6.42 Å². The summed E-state index contributed by atoms with van der Waals surface area (Å²) in [6.07, 6.45) is 0.549. The maximum Gasteiger partial charge on any atom is 0.280 e. The first-order valence-corrected chi connectivity index (χ1v) is 11.3. The second kappa shape index (κ2) is 7.74. The number of amides is 1. The van der Waals surface area contributed by atoms with Gasteiger partial charge >= 0.3 is 0 Å². The molecular weight excluding hydrogens is 374 g/mol. The van der Waals surface area contributed by atoms with Crippen LogP contribution in [0.1, 0.15) is 13.3 Å². The average Bonchev–Trinajstić information content (AvgIpc) is 3.00. The number of hydrogen-bond acceptors (Lipinski definition) is 4. The second-order valence-electron chi connectivity index (χ2n) is 7.32. The van der Waals surface area contributed by atoms with Crippen LogP contribution in [0.3, 0.4) is 0 Å². The van der Waals surface area contributed by atoms with E-state index in [4.69, 9.17) is 11.6 Å². The van der Waals surface area contributed by atoms with Crippen LogP contribution in [0, 0.1) is 0 Å². The van der Waals surface area contributed by atoms with Gasteiger partial charge in [0.2, 0.25) is 0 Å². The highest BCUT2D eigenvalue weighted by Crippen LogP contribution is 2.25. The van der Waals surface area contributed by atoms with Crippen molar-refractivity contribution >= 4 is 33.0 Å². The van der Waals surface area contributed by atoms with Crippen LogP contribution in [0.2, 0.25) is 5.02 Å². The largest absolute Gasteiger partial charge is 0.359 e. The molecule has 144 valence electrons. The highest BCUT2D eigenvalue weighted by Gasteiger charge is 2.37. The highest BCUT2D eigenvalue weighted by atomic mass is 35.5. The molecule has 0 aromatic heterocycles. The number of nitrogens with one attached hydrogen (secondary N) is 1. The summed E-state index contributed by atoms with van der Waals surface area (Å²) >= 11 is 6.29. The Kier molecular flexibility index (Phi) is 5.79. The summed E-state index contributed by atoms with van der Waals surface area (Å²) in [6, 6.07) is 7.48. The third-order valence-electron chi connectivity index (χ3n) is 5.69. The zero-order valence-electron chi connectivity index (χ0n) is 15.3. The molecule has 2 aliphatic rings. The number of anilines is 1. The SMILES string of the molecule is C[C@H](C(=O)N(C)[C@H]1CCS(=O)(=O)C1)[NH+]1CCN(c2ccccc2Cl)CC1. The van der Waals surface area contributed by atoms with Gasteiger partial charge in [-0.2, -0.15) is 0 Å². The van der Waals surface area contributed by atoms with Crippen LogP contribution in [-0.2, 0) is 14.6 Å². The molecule has 2 heterocycles. The molecule has 0 aliphatic carbocycles. The van der Waals surface area contributed by atoms with Crippen LogP contribution in [0.5, 0.6) is 0 Å². The number of piperazine rings is 1. The number of carbonyl (C=O) groups excluding carboxylic acids is 1. The summed E-state index contributed by atoms with van der Waals surface area (Å²) in [6.45, 7) is 5.35. The number of sulfone groups is 1. The van der Waals surface area contributed by atoms with Crippen LogP contribution in [-0.4, -0.2) is 76.0 Å². The first-order valence-electron chi connectivity index (χ1n) is 9.09. The number of benzene rings is 1. The molecule has 3 rings (SSSR count). The lowest BCUT2D eigenvalue weighted by molar-refractivity contribution is -0.915. The third-order valence-corrected chi connectivity index (χ3v) is 7.76. The summed E-state index contributed by atoms with van der Waals surface area (Å²) in [4.78, 5) is 18.0. The monoisotopic (exact) mass is 400 g/mol. The molecule has 2 atom stereocenters. The van der Waals surface area contributed by atoms with E-state index in [0.717, 1.165) is 36.9 Å². The molecule has 8 heteroatoms. The summed E-state index contributed by atoms with van der Waals surface area (Å²) in [5.74, 6) is 0.318. The lowest BCUT2D eigenvalue weighted by atomic mass is 10.1. The van der Waals surface area contributed by atoms with Gasteiger partial charge in [0.05, 0.1) is 48.4 Å². The predicted molar refractivity (Wildman–Crippen MR) is 104 cm³/mol. The maximum atomic E-state index is 12.8. The molecule has 2 aliphatic heterocycles. The Labute approximate surface area is 160 Å². The second-order valence-corrected chi connectivity index (χ2v) is 9.96. The number of para-hydroxylation sites is 1. The number of quaternary nitrogens is 1. The molecule has 2 fully saturated rings. The molecule has 1 aromatic carbocycles. The van der Waals surface area contributed by atoms with Crippen molar-refractivity contribution in [2.45, 2.75) is 25.4 Å². The molecule has 2 saturated heterocycles. The summed E-state index contributed by atoms with van der Waals surface area (Å²) in [7, 11) is -1.25. The van der Waals surface area contributed by atoms with Crippen LogP contribution >= 0.6 is 11.6 Å². The van der Waals surface area contributed by atoms with Crippen molar-refractivity contribution in [3.63, 3.8) is 0 Å². The molecule has 1 N–H and O–H groups in total. The molecule has 0 unspecified atom stereocenters. The van der Waals surface area contributed by atoms with Gasteiger partial charge in [-0.3, -0.25) is 4.79 Å². The predicted octanol–water partition coefficient (Wildman–Crippen LogP) is 0.0789. The van der Waals surface area contributed by atoms with Crippen molar-refractivity contribution < 1.29 is 18.1 Å². The van der Waals surface area contributed by atoms with Gasteiger partial charge in [0.25, 0.3) is 5.91 Å². The van der Waals surface area contributed by atoms with E-state index >= 15 is 0 Å². The van der Waals surface area contributed by atoms with E-state index in [1.165, 1.54) is 4.90 Å². The van der Waals surface area contributed by atoms with Gasteiger partial charge in [-0.15, -0.1) is 0 Å². The van der Waals surface area contributed by atoms with E-state index in [9.17, 15) is 13.2 Å². The fourth-order valence-electron chi connectivity index (χ4n) is 3.92. The summed E-state index contributed by atoms with van der Waals surface area (Å²) < 4.78 is 23.4. The zero-order valence-corrected chi connectivity index (χ0v) is 16.9. The minimum absolute atomic E-state index is 0.0355. The van der Waals surface area contributed by atoms with Gasteiger partial charge in [0, 0.05) is 13.1 Å². The molecule has 26 heavy (non-hydrogen) atoms. The molecule has 0 bridgehead atoms. The van der Waals surface area contributed by atoms with Crippen LogP contribution in [0.15, 0.2) is 24.3 Å². The molecule has 1 aromatic rings. The molecular formula is C18H27ClN3O3S+.